The molecule has 0 aromatic heterocycles. The highest BCUT2D eigenvalue weighted by Gasteiger charge is 2.12. The average molecular weight is 303 g/mol. The zero-order valence-corrected chi connectivity index (χ0v) is 12.5. The van der Waals surface area contributed by atoms with Crippen LogP contribution in [0.3, 0.4) is 0 Å². The van der Waals surface area contributed by atoms with Crippen LogP contribution in [0, 0.1) is 11.3 Å². The Morgan fingerprint density at radius 3 is 2.62 bits per heavy atom. The van der Waals surface area contributed by atoms with E-state index in [9.17, 15) is 5.11 Å². The van der Waals surface area contributed by atoms with Crippen molar-refractivity contribution in [3.05, 3.63) is 52.5 Å². The minimum absolute atomic E-state index is 0.125. The van der Waals surface area contributed by atoms with Gasteiger partial charge in [0.05, 0.1) is 23.7 Å². The summed E-state index contributed by atoms with van der Waals surface area (Å²) in [5.74, 6) is 0.763. The zero-order chi connectivity index (χ0) is 15.4. The van der Waals surface area contributed by atoms with Crippen molar-refractivity contribution in [2.24, 2.45) is 0 Å². The number of hydrogen-bond acceptors (Lipinski definition) is 4. The van der Waals surface area contributed by atoms with Crippen LogP contribution in [0.4, 0.5) is 5.69 Å². The van der Waals surface area contributed by atoms with Gasteiger partial charge in [-0.3, -0.25) is 0 Å². The number of nitrogens with zero attached hydrogens (tertiary/aromatic N) is 1. The first-order valence-corrected chi connectivity index (χ1v) is 6.76. The number of aromatic hydroxyl groups is 1. The molecule has 21 heavy (non-hydrogen) atoms. The molecule has 2 rings (SSSR count). The Kier molecular flexibility index (Phi) is 4.56. The summed E-state index contributed by atoms with van der Waals surface area (Å²) in [6.07, 6.45) is 0. The second-order valence-corrected chi connectivity index (χ2v) is 5.00. The molecule has 2 aromatic rings. The molecule has 0 aliphatic heterocycles. The third-order valence-electron chi connectivity index (χ3n) is 3.18. The van der Waals surface area contributed by atoms with Gasteiger partial charge in [-0.15, -0.1) is 0 Å². The molecular formula is C16H15ClN2O2. The lowest BCUT2D eigenvalue weighted by molar-refractivity contribution is 0.406. The molecule has 2 N–H and O–H groups in total. The summed E-state index contributed by atoms with van der Waals surface area (Å²) >= 11 is 6.00. The Balaban J connectivity index is 2.20. The number of rotatable bonds is 4. The van der Waals surface area contributed by atoms with E-state index in [1.54, 1.807) is 43.5 Å². The number of anilines is 1. The molecule has 0 radical (unpaired) electrons. The normalized spacial score (nSPS) is 11.5. The molecule has 0 spiro atoms. The highest BCUT2D eigenvalue weighted by atomic mass is 35.5. The topological polar surface area (TPSA) is 65.3 Å². The van der Waals surface area contributed by atoms with Gasteiger partial charge in [-0.2, -0.15) is 5.26 Å². The number of halogens is 1. The van der Waals surface area contributed by atoms with E-state index < -0.39 is 0 Å². The Hall–Kier alpha value is -2.38. The number of benzene rings is 2. The summed E-state index contributed by atoms with van der Waals surface area (Å²) in [4.78, 5) is 0. The smallest absolute Gasteiger partial charge is 0.124 e. The maximum Gasteiger partial charge on any atom is 0.124 e. The van der Waals surface area contributed by atoms with Crippen molar-refractivity contribution in [2.75, 3.05) is 12.4 Å². The van der Waals surface area contributed by atoms with Crippen LogP contribution in [0.25, 0.3) is 0 Å². The van der Waals surface area contributed by atoms with Crippen molar-refractivity contribution in [3.8, 4) is 17.6 Å². The fourth-order valence-corrected chi connectivity index (χ4v) is 2.26. The summed E-state index contributed by atoms with van der Waals surface area (Å²) in [6.45, 7) is 1.92. The number of methoxy groups -OCH3 is 1. The monoisotopic (exact) mass is 302 g/mol. The first kappa shape index (κ1) is 15.0. The summed E-state index contributed by atoms with van der Waals surface area (Å²) in [5, 5.41) is 22.5. The van der Waals surface area contributed by atoms with Gasteiger partial charge in [0, 0.05) is 17.3 Å². The van der Waals surface area contributed by atoms with E-state index in [1.807, 2.05) is 13.0 Å². The summed E-state index contributed by atoms with van der Waals surface area (Å²) in [7, 11) is 1.55. The molecule has 108 valence electrons. The van der Waals surface area contributed by atoms with E-state index >= 15 is 0 Å². The van der Waals surface area contributed by atoms with Crippen molar-refractivity contribution in [1.82, 2.24) is 0 Å². The van der Waals surface area contributed by atoms with Crippen molar-refractivity contribution in [1.29, 1.82) is 5.26 Å². The first-order valence-electron chi connectivity index (χ1n) is 6.38. The third kappa shape index (κ3) is 3.39. The van der Waals surface area contributed by atoms with Crippen molar-refractivity contribution in [2.45, 2.75) is 13.0 Å². The number of phenols is 1. The molecule has 5 heteroatoms. The van der Waals surface area contributed by atoms with Gasteiger partial charge in [0.2, 0.25) is 0 Å². The van der Waals surface area contributed by atoms with Crippen LogP contribution >= 0.6 is 11.6 Å². The van der Waals surface area contributed by atoms with Gasteiger partial charge in [-0.05, 0) is 37.3 Å². The number of nitrogens with one attached hydrogen (secondary N) is 1. The van der Waals surface area contributed by atoms with E-state index in [-0.39, 0.29) is 11.8 Å². The Bertz CT molecular complexity index is 695. The lowest BCUT2D eigenvalue weighted by atomic mass is 10.1. The van der Waals surface area contributed by atoms with Crippen LogP contribution in [-0.4, -0.2) is 12.2 Å². The second kappa shape index (κ2) is 6.38. The number of phenolic OH excluding ortho intramolecular Hbond substituents is 1. The third-order valence-corrected chi connectivity index (χ3v) is 3.49. The van der Waals surface area contributed by atoms with Gasteiger partial charge >= 0.3 is 0 Å². The molecule has 0 amide bonds. The van der Waals surface area contributed by atoms with E-state index in [0.29, 0.717) is 16.3 Å². The quantitative estimate of drug-likeness (QED) is 0.892. The Morgan fingerprint density at radius 2 is 2.05 bits per heavy atom. The van der Waals surface area contributed by atoms with Crippen molar-refractivity contribution >= 4 is 17.3 Å². The number of nitriles is 1. The molecule has 0 heterocycles. The highest BCUT2D eigenvalue weighted by Crippen LogP contribution is 2.31. The first-order chi connectivity index (χ1) is 10.0. The van der Waals surface area contributed by atoms with Crippen LogP contribution < -0.4 is 10.1 Å². The average Bonchev–Trinajstić information content (AvgIpc) is 2.47. The lowest BCUT2D eigenvalue weighted by Gasteiger charge is -2.17. The molecule has 0 aliphatic rings. The number of ether oxygens (including phenoxy) is 1. The van der Waals surface area contributed by atoms with Gasteiger partial charge < -0.3 is 15.2 Å². The Morgan fingerprint density at radius 1 is 1.29 bits per heavy atom. The SMILES string of the molecule is COc1ccc(C(C)Nc2ccc(C#N)c(Cl)c2)c(O)c1. The zero-order valence-electron chi connectivity index (χ0n) is 11.7. The minimum atomic E-state index is -0.125. The van der Waals surface area contributed by atoms with Gasteiger partial charge in [0.15, 0.2) is 0 Å². The Labute approximate surface area is 128 Å². The molecule has 0 fully saturated rings. The van der Waals surface area contributed by atoms with E-state index in [0.717, 1.165) is 11.3 Å². The molecule has 4 nitrogen and oxygen atoms in total. The van der Waals surface area contributed by atoms with Crippen molar-refractivity contribution in [3.63, 3.8) is 0 Å². The largest absolute Gasteiger partial charge is 0.507 e. The van der Waals surface area contributed by atoms with Crippen LogP contribution in [0.15, 0.2) is 36.4 Å². The van der Waals surface area contributed by atoms with Crippen LogP contribution in [-0.2, 0) is 0 Å². The van der Waals surface area contributed by atoms with Crippen LogP contribution in [0.2, 0.25) is 5.02 Å². The summed E-state index contributed by atoms with van der Waals surface area (Å²) in [5.41, 5.74) is 1.96. The molecule has 0 saturated carbocycles. The summed E-state index contributed by atoms with van der Waals surface area (Å²) in [6, 6.07) is 12.2. The molecule has 1 atom stereocenters. The van der Waals surface area contributed by atoms with Gasteiger partial charge in [0.1, 0.15) is 17.6 Å². The second-order valence-electron chi connectivity index (χ2n) is 4.60. The number of hydrogen-bond donors (Lipinski definition) is 2. The lowest BCUT2D eigenvalue weighted by Crippen LogP contribution is -2.07. The molecular weight excluding hydrogens is 288 g/mol. The summed E-state index contributed by atoms with van der Waals surface area (Å²) < 4.78 is 5.06. The molecule has 2 aromatic carbocycles. The van der Waals surface area contributed by atoms with E-state index in [2.05, 4.69) is 5.32 Å². The highest BCUT2D eigenvalue weighted by molar-refractivity contribution is 6.32. The van der Waals surface area contributed by atoms with Crippen LogP contribution in [0.1, 0.15) is 24.1 Å². The maximum absolute atomic E-state index is 10.0. The predicted molar refractivity (Wildman–Crippen MR) is 82.9 cm³/mol. The van der Waals surface area contributed by atoms with Gasteiger partial charge in [-0.25, -0.2) is 0 Å². The molecule has 0 bridgehead atoms. The van der Waals surface area contributed by atoms with E-state index in [1.165, 1.54) is 0 Å². The maximum atomic E-state index is 10.0. The molecule has 0 saturated heterocycles. The molecule has 0 aliphatic carbocycles. The van der Waals surface area contributed by atoms with Crippen LogP contribution in [0.5, 0.6) is 11.5 Å². The fourth-order valence-electron chi connectivity index (χ4n) is 2.04. The standard InChI is InChI=1S/C16H15ClN2O2/c1-10(14-6-5-13(21-2)8-16(14)20)19-12-4-3-11(9-18)15(17)7-12/h3-8,10,19-20H,1-2H3. The minimum Gasteiger partial charge on any atom is -0.507 e. The fraction of sp³-hybridized carbons (Fsp3) is 0.188. The van der Waals surface area contributed by atoms with Gasteiger partial charge in [-0.1, -0.05) is 11.6 Å². The van der Waals surface area contributed by atoms with Gasteiger partial charge in [0.25, 0.3) is 0 Å². The van der Waals surface area contributed by atoms with Crippen molar-refractivity contribution < 1.29 is 9.84 Å². The predicted octanol–water partition coefficient (Wildman–Crippen LogP) is 4.10. The molecule has 1 unspecified atom stereocenters. The van der Waals surface area contributed by atoms with E-state index in [4.69, 9.17) is 21.6 Å².